The molecular formula is C4H10N2OS2. The molecule has 3 N–H and O–H groups in total. The fourth-order valence-electron chi connectivity index (χ4n) is 0.318. The van der Waals surface area contributed by atoms with Gasteiger partial charge < -0.3 is 11.1 Å². The van der Waals surface area contributed by atoms with Crippen molar-refractivity contribution in [3.63, 3.8) is 0 Å². The second-order valence-electron chi connectivity index (χ2n) is 1.57. The predicted octanol–water partition coefficient (Wildman–Crippen LogP) is -0.802. The average Bonchev–Trinajstić information content (AvgIpc) is 1.63. The van der Waals surface area contributed by atoms with Crippen molar-refractivity contribution in [1.82, 2.24) is 5.32 Å². The Morgan fingerprint density at radius 2 is 2.44 bits per heavy atom. The van der Waals surface area contributed by atoms with Crippen LogP contribution in [0.15, 0.2) is 0 Å². The minimum absolute atomic E-state index is 0.264. The molecule has 1 atom stereocenters. The van der Waals surface area contributed by atoms with Gasteiger partial charge in [-0.3, -0.25) is 4.21 Å². The third kappa shape index (κ3) is 7.84. The first kappa shape index (κ1) is 8.84. The van der Waals surface area contributed by atoms with Crippen LogP contribution in [0.5, 0.6) is 0 Å². The van der Waals surface area contributed by atoms with Crippen molar-refractivity contribution >= 4 is 28.1 Å². The van der Waals surface area contributed by atoms with Gasteiger partial charge in [0.2, 0.25) is 0 Å². The predicted molar refractivity (Wildman–Crippen MR) is 43.7 cm³/mol. The van der Waals surface area contributed by atoms with Gasteiger partial charge in [-0.25, -0.2) is 0 Å². The van der Waals surface area contributed by atoms with E-state index in [9.17, 15) is 4.21 Å². The van der Waals surface area contributed by atoms with Crippen LogP contribution in [0.1, 0.15) is 0 Å². The van der Waals surface area contributed by atoms with Crippen LogP contribution in [0.25, 0.3) is 0 Å². The van der Waals surface area contributed by atoms with Gasteiger partial charge in [0.1, 0.15) is 0 Å². The van der Waals surface area contributed by atoms with E-state index in [-0.39, 0.29) is 5.11 Å². The summed E-state index contributed by atoms with van der Waals surface area (Å²) in [6, 6.07) is 0. The Hall–Kier alpha value is -0.160. The number of hydrogen-bond acceptors (Lipinski definition) is 2. The maximum absolute atomic E-state index is 10.4. The summed E-state index contributed by atoms with van der Waals surface area (Å²) >= 11 is 4.52. The lowest BCUT2D eigenvalue weighted by Crippen LogP contribution is -2.31. The van der Waals surface area contributed by atoms with Crippen LogP contribution in [-0.4, -0.2) is 27.9 Å². The summed E-state index contributed by atoms with van der Waals surface area (Å²) in [6.45, 7) is 0.596. The number of nitrogens with two attached hydrogens (primary N) is 1. The van der Waals surface area contributed by atoms with Crippen molar-refractivity contribution in [1.29, 1.82) is 0 Å². The number of rotatable bonds is 3. The Morgan fingerprint density at radius 1 is 1.89 bits per heavy atom. The molecule has 0 spiro atoms. The minimum atomic E-state index is -0.760. The van der Waals surface area contributed by atoms with Gasteiger partial charge in [0.25, 0.3) is 0 Å². The number of thiocarbonyl (C=S) groups is 1. The molecule has 0 rings (SSSR count). The van der Waals surface area contributed by atoms with Gasteiger partial charge in [0.05, 0.1) is 0 Å². The van der Waals surface area contributed by atoms with Crippen molar-refractivity contribution in [3.8, 4) is 0 Å². The van der Waals surface area contributed by atoms with Crippen molar-refractivity contribution in [3.05, 3.63) is 0 Å². The minimum Gasteiger partial charge on any atom is -0.376 e. The van der Waals surface area contributed by atoms with Gasteiger partial charge in [-0.1, -0.05) is 0 Å². The average molecular weight is 166 g/mol. The standard InChI is InChI=1S/C4H10N2OS2/c1-9(7)3-2-6-4(5)8/h2-3H2,1H3,(H3,5,6,8). The van der Waals surface area contributed by atoms with Crippen molar-refractivity contribution in [2.45, 2.75) is 0 Å². The van der Waals surface area contributed by atoms with E-state index in [4.69, 9.17) is 5.73 Å². The molecule has 0 saturated carbocycles. The van der Waals surface area contributed by atoms with Gasteiger partial charge in [-0.2, -0.15) is 0 Å². The lowest BCUT2D eigenvalue weighted by molar-refractivity contribution is 0.685. The molecule has 0 aromatic carbocycles. The van der Waals surface area contributed by atoms with E-state index in [1.165, 1.54) is 0 Å². The largest absolute Gasteiger partial charge is 0.376 e. The van der Waals surface area contributed by atoms with E-state index in [0.29, 0.717) is 12.3 Å². The molecule has 0 aromatic rings. The van der Waals surface area contributed by atoms with Gasteiger partial charge in [-0.05, 0) is 12.2 Å². The lowest BCUT2D eigenvalue weighted by Gasteiger charge is -1.99. The van der Waals surface area contributed by atoms with E-state index in [0.717, 1.165) is 0 Å². The van der Waals surface area contributed by atoms with E-state index in [1.807, 2.05) is 0 Å². The summed E-state index contributed by atoms with van der Waals surface area (Å²) in [5.74, 6) is 0.595. The molecule has 54 valence electrons. The van der Waals surface area contributed by atoms with Crippen molar-refractivity contribution < 1.29 is 4.21 Å². The Balaban J connectivity index is 3.10. The molecule has 0 radical (unpaired) electrons. The van der Waals surface area contributed by atoms with Crippen LogP contribution in [0.4, 0.5) is 0 Å². The molecular weight excluding hydrogens is 156 g/mol. The maximum Gasteiger partial charge on any atom is 0.163 e. The summed E-state index contributed by atoms with van der Waals surface area (Å²) in [5.41, 5.74) is 5.10. The Labute approximate surface area is 62.5 Å². The van der Waals surface area contributed by atoms with Crippen molar-refractivity contribution in [2.75, 3.05) is 18.6 Å². The highest BCUT2D eigenvalue weighted by Gasteiger charge is 1.89. The first-order valence-corrected chi connectivity index (χ1v) is 4.60. The van der Waals surface area contributed by atoms with Gasteiger partial charge in [0, 0.05) is 29.4 Å². The highest BCUT2D eigenvalue weighted by atomic mass is 32.2. The molecule has 3 nitrogen and oxygen atoms in total. The SMILES string of the molecule is CS(=O)CCNC(N)=S. The third-order valence-electron chi connectivity index (χ3n) is 0.689. The highest BCUT2D eigenvalue weighted by Crippen LogP contribution is 1.70. The molecule has 0 bridgehead atoms. The number of nitrogens with one attached hydrogen (secondary N) is 1. The molecule has 0 aliphatic carbocycles. The van der Waals surface area contributed by atoms with Gasteiger partial charge in [0.15, 0.2) is 5.11 Å². The molecule has 0 saturated heterocycles. The molecule has 0 fully saturated rings. The molecule has 0 aliphatic rings. The van der Waals surface area contributed by atoms with E-state index < -0.39 is 10.8 Å². The van der Waals surface area contributed by atoms with E-state index in [2.05, 4.69) is 17.5 Å². The summed E-state index contributed by atoms with van der Waals surface area (Å²) < 4.78 is 10.4. The van der Waals surface area contributed by atoms with Crippen LogP contribution in [0, 0.1) is 0 Å². The zero-order valence-corrected chi connectivity index (χ0v) is 6.85. The van der Waals surface area contributed by atoms with Gasteiger partial charge in [-0.15, -0.1) is 0 Å². The molecule has 0 heterocycles. The zero-order valence-electron chi connectivity index (χ0n) is 5.22. The van der Waals surface area contributed by atoms with Crippen molar-refractivity contribution in [2.24, 2.45) is 5.73 Å². The quantitative estimate of drug-likeness (QED) is 0.539. The van der Waals surface area contributed by atoms with Crippen LogP contribution >= 0.6 is 12.2 Å². The Morgan fingerprint density at radius 3 is 2.78 bits per heavy atom. The lowest BCUT2D eigenvalue weighted by atomic mass is 10.7. The van der Waals surface area contributed by atoms with E-state index in [1.54, 1.807) is 6.26 Å². The summed E-state index contributed by atoms with van der Waals surface area (Å²) in [7, 11) is -0.760. The second-order valence-corrected chi connectivity index (χ2v) is 3.56. The first-order chi connectivity index (χ1) is 4.13. The summed E-state index contributed by atoms with van der Waals surface area (Å²) in [4.78, 5) is 0. The molecule has 5 heteroatoms. The topological polar surface area (TPSA) is 55.1 Å². The molecule has 0 amide bonds. The smallest absolute Gasteiger partial charge is 0.163 e. The van der Waals surface area contributed by atoms with Crippen LogP contribution in [0.2, 0.25) is 0 Å². The molecule has 0 aromatic heterocycles. The Bertz CT molecular complexity index is 112. The normalized spacial score (nSPS) is 12.6. The fourth-order valence-corrected chi connectivity index (χ4v) is 0.810. The maximum atomic E-state index is 10.4. The zero-order chi connectivity index (χ0) is 7.28. The van der Waals surface area contributed by atoms with Crippen LogP contribution < -0.4 is 11.1 Å². The van der Waals surface area contributed by atoms with Crippen LogP contribution in [-0.2, 0) is 10.8 Å². The molecule has 0 aliphatic heterocycles. The summed E-state index contributed by atoms with van der Waals surface area (Å²) in [5, 5.41) is 2.96. The van der Waals surface area contributed by atoms with Crippen LogP contribution in [0.3, 0.4) is 0 Å². The summed E-state index contributed by atoms with van der Waals surface area (Å²) in [6.07, 6.45) is 1.64. The van der Waals surface area contributed by atoms with E-state index >= 15 is 0 Å². The Kier molecular flexibility index (Phi) is 4.61. The second kappa shape index (κ2) is 4.69. The molecule has 9 heavy (non-hydrogen) atoms. The monoisotopic (exact) mass is 166 g/mol. The third-order valence-corrected chi connectivity index (χ3v) is 1.61. The van der Waals surface area contributed by atoms with Gasteiger partial charge >= 0.3 is 0 Å². The number of hydrogen-bond donors (Lipinski definition) is 2. The highest BCUT2D eigenvalue weighted by molar-refractivity contribution is 7.84. The fraction of sp³-hybridized carbons (Fsp3) is 0.750. The first-order valence-electron chi connectivity index (χ1n) is 2.46. The molecule has 1 unspecified atom stereocenters.